The Morgan fingerprint density at radius 1 is 1.00 bits per heavy atom. The van der Waals surface area contributed by atoms with Gasteiger partial charge >= 0.3 is 0 Å². The summed E-state index contributed by atoms with van der Waals surface area (Å²) in [4.78, 5) is 24.4. The highest BCUT2D eigenvalue weighted by atomic mass is 32.2. The Labute approximate surface area is 184 Å². The number of nitrogens with one attached hydrogen (secondary N) is 2. The van der Waals surface area contributed by atoms with E-state index in [0.717, 1.165) is 16.8 Å². The van der Waals surface area contributed by atoms with Gasteiger partial charge in [-0.1, -0.05) is 36.0 Å². The molecular formula is C22H24FN5O2S. The molecule has 0 unspecified atom stereocenters. The van der Waals surface area contributed by atoms with Crippen LogP contribution in [-0.4, -0.2) is 32.3 Å². The Morgan fingerprint density at radius 3 is 2.48 bits per heavy atom. The molecule has 162 valence electrons. The number of hydrogen-bond acceptors (Lipinski definition) is 5. The Kier molecular flexibility index (Phi) is 7.41. The highest BCUT2D eigenvalue weighted by molar-refractivity contribution is 7.99. The number of aryl methyl sites for hydroxylation is 2. The molecular weight excluding hydrogens is 417 g/mol. The minimum absolute atomic E-state index is 0.132. The van der Waals surface area contributed by atoms with E-state index in [1.807, 2.05) is 32.0 Å². The molecule has 0 aliphatic carbocycles. The number of para-hydroxylation sites is 1. The van der Waals surface area contributed by atoms with Crippen molar-refractivity contribution in [2.45, 2.75) is 31.8 Å². The summed E-state index contributed by atoms with van der Waals surface area (Å²) in [5.41, 5.74) is 3.10. The van der Waals surface area contributed by atoms with Gasteiger partial charge in [-0.15, -0.1) is 10.2 Å². The number of carbonyl (C=O) groups is 2. The smallest absolute Gasteiger partial charge is 0.234 e. The Balaban J connectivity index is 1.50. The second-order valence-corrected chi connectivity index (χ2v) is 8.01. The third-order valence-electron chi connectivity index (χ3n) is 4.86. The van der Waals surface area contributed by atoms with Crippen molar-refractivity contribution in [1.82, 2.24) is 14.8 Å². The molecule has 0 fully saturated rings. The van der Waals surface area contributed by atoms with E-state index in [9.17, 15) is 14.0 Å². The summed E-state index contributed by atoms with van der Waals surface area (Å²) in [6, 6.07) is 11.8. The SMILES string of the molecule is Cc1cccc(NC(=O)CSc2nnc(CCC(=O)Nc3ccccc3F)n2C)c1C. The van der Waals surface area contributed by atoms with Crippen molar-refractivity contribution >= 4 is 35.0 Å². The van der Waals surface area contributed by atoms with Crippen molar-refractivity contribution in [2.24, 2.45) is 7.05 Å². The third kappa shape index (κ3) is 5.91. The summed E-state index contributed by atoms with van der Waals surface area (Å²) >= 11 is 1.27. The molecule has 0 bridgehead atoms. The van der Waals surface area contributed by atoms with Gasteiger partial charge in [0.25, 0.3) is 0 Å². The third-order valence-corrected chi connectivity index (χ3v) is 5.88. The van der Waals surface area contributed by atoms with E-state index in [4.69, 9.17) is 0 Å². The number of thioether (sulfide) groups is 1. The summed E-state index contributed by atoms with van der Waals surface area (Å²) < 4.78 is 15.4. The van der Waals surface area contributed by atoms with Gasteiger partial charge in [0, 0.05) is 25.6 Å². The standard InChI is InChI=1S/C22H24FN5O2S/c1-14-7-6-10-17(15(14)2)24-21(30)13-31-22-27-26-19(28(22)3)11-12-20(29)25-18-9-5-4-8-16(18)23/h4-10H,11-13H2,1-3H3,(H,24,30)(H,25,29). The van der Waals surface area contributed by atoms with E-state index in [-0.39, 0.29) is 29.7 Å². The van der Waals surface area contributed by atoms with Gasteiger partial charge < -0.3 is 15.2 Å². The molecule has 7 nitrogen and oxygen atoms in total. The van der Waals surface area contributed by atoms with Gasteiger partial charge in [-0.25, -0.2) is 4.39 Å². The molecule has 2 aromatic carbocycles. The van der Waals surface area contributed by atoms with E-state index in [2.05, 4.69) is 20.8 Å². The average molecular weight is 442 g/mol. The zero-order chi connectivity index (χ0) is 22.4. The number of carbonyl (C=O) groups excluding carboxylic acids is 2. The van der Waals surface area contributed by atoms with Crippen LogP contribution in [-0.2, 0) is 23.1 Å². The fourth-order valence-electron chi connectivity index (χ4n) is 2.89. The van der Waals surface area contributed by atoms with Crippen LogP contribution >= 0.6 is 11.8 Å². The maximum absolute atomic E-state index is 13.6. The second kappa shape index (κ2) is 10.2. The minimum Gasteiger partial charge on any atom is -0.325 e. The molecule has 0 aliphatic heterocycles. The summed E-state index contributed by atoms with van der Waals surface area (Å²) in [6.45, 7) is 3.97. The number of benzene rings is 2. The van der Waals surface area contributed by atoms with Crippen LogP contribution in [0.1, 0.15) is 23.4 Å². The first-order valence-electron chi connectivity index (χ1n) is 9.76. The molecule has 3 rings (SSSR count). The van der Waals surface area contributed by atoms with Gasteiger partial charge in [0.1, 0.15) is 11.6 Å². The van der Waals surface area contributed by atoms with Gasteiger partial charge in [-0.2, -0.15) is 0 Å². The van der Waals surface area contributed by atoms with Gasteiger partial charge in [0.05, 0.1) is 11.4 Å². The van der Waals surface area contributed by atoms with Crippen molar-refractivity contribution in [3.8, 4) is 0 Å². The summed E-state index contributed by atoms with van der Waals surface area (Å²) in [6.07, 6.45) is 0.483. The molecule has 0 aliphatic rings. The zero-order valence-electron chi connectivity index (χ0n) is 17.6. The molecule has 0 atom stereocenters. The number of halogens is 1. The van der Waals surface area contributed by atoms with Crippen LogP contribution < -0.4 is 10.6 Å². The summed E-state index contributed by atoms with van der Waals surface area (Å²) in [5.74, 6) is -0.121. The topological polar surface area (TPSA) is 88.9 Å². The number of nitrogens with zero attached hydrogens (tertiary/aromatic N) is 3. The van der Waals surface area contributed by atoms with Gasteiger partial charge in [-0.3, -0.25) is 9.59 Å². The first kappa shape index (κ1) is 22.5. The lowest BCUT2D eigenvalue weighted by atomic mass is 10.1. The number of anilines is 2. The van der Waals surface area contributed by atoms with Crippen LogP contribution in [0.3, 0.4) is 0 Å². The lowest BCUT2D eigenvalue weighted by molar-refractivity contribution is -0.116. The Morgan fingerprint density at radius 2 is 1.71 bits per heavy atom. The number of hydrogen-bond donors (Lipinski definition) is 2. The molecule has 1 aromatic heterocycles. The molecule has 1 heterocycles. The lowest BCUT2D eigenvalue weighted by Crippen LogP contribution is -2.16. The zero-order valence-corrected chi connectivity index (χ0v) is 18.4. The van der Waals surface area contributed by atoms with Crippen LogP contribution in [0.25, 0.3) is 0 Å². The van der Waals surface area contributed by atoms with Crippen molar-refractivity contribution in [3.05, 3.63) is 65.2 Å². The van der Waals surface area contributed by atoms with Crippen molar-refractivity contribution < 1.29 is 14.0 Å². The largest absolute Gasteiger partial charge is 0.325 e. The first-order chi connectivity index (χ1) is 14.8. The highest BCUT2D eigenvalue weighted by Gasteiger charge is 2.14. The van der Waals surface area contributed by atoms with Gasteiger partial charge in [-0.05, 0) is 43.2 Å². The molecule has 2 N–H and O–H groups in total. The number of rotatable bonds is 8. The molecule has 2 amide bonds. The minimum atomic E-state index is -0.479. The summed E-state index contributed by atoms with van der Waals surface area (Å²) in [5, 5.41) is 14.3. The van der Waals surface area contributed by atoms with E-state index < -0.39 is 5.82 Å². The van der Waals surface area contributed by atoms with Crippen molar-refractivity contribution in [2.75, 3.05) is 16.4 Å². The van der Waals surface area contributed by atoms with Gasteiger partial charge in [0.15, 0.2) is 5.16 Å². The van der Waals surface area contributed by atoms with Crippen LogP contribution in [0.4, 0.5) is 15.8 Å². The molecule has 0 radical (unpaired) electrons. The van der Waals surface area contributed by atoms with E-state index >= 15 is 0 Å². The fraction of sp³-hybridized carbons (Fsp3) is 0.273. The van der Waals surface area contributed by atoms with Crippen molar-refractivity contribution in [1.29, 1.82) is 0 Å². The number of aromatic nitrogens is 3. The first-order valence-corrected chi connectivity index (χ1v) is 10.7. The van der Waals surface area contributed by atoms with Crippen LogP contribution in [0.5, 0.6) is 0 Å². The van der Waals surface area contributed by atoms with Crippen molar-refractivity contribution in [3.63, 3.8) is 0 Å². The predicted molar refractivity (Wildman–Crippen MR) is 120 cm³/mol. The molecule has 0 saturated heterocycles. The Hall–Kier alpha value is -3.20. The van der Waals surface area contributed by atoms with Crippen LogP contribution in [0, 0.1) is 19.7 Å². The summed E-state index contributed by atoms with van der Waals surface area (Å²) in [7, 11) is 1.79. The molecule has 9 heteroatoms. The number of amides is 2. The molecule has 31 heavy (non-hydrogen) atoms. The predicted octanol–water partition coefficient (Wildman–Crippen LogP) is 3.87. The second-order valence-electron chi connectivity index (χ2n) is 7.07. The monoisotopic (exact) mass is 441 g/mol. The highest BCUT2D eigenvalue weighted by Crippen LogP contribution is 2.20. The average Bonchev–Trinajstić information content (AvgIpc) is 3.09. The molecule has 0 spiro atoms. The van der Waals surface area contributed by atoms with Gasteiger partial charge in [0.2, 0.25) is 11.8 Å². The maximum atomic E-state index is 13.6. The van der Waals surface area contributed by atoms with Crippen LogP contribution in [0.2, 0.25) is 0 Å². The normalized spacial score (nSPS) is 10.7. The fourth-order valence-corrected chi connectivity index (χ4v) is 3.62. The lowest BCUT2D eigenvalue weighted by Gasteiger charge is -2.10. The molecule has 3 aromatic rings. The van der Waals surface area contributed by atoms with Crippen LogP contribution in [0.15, 0.2) is 47.6 Å². The maximum Gasteiger partial charge on any atom is 0.234 e. The van der Waals surface area contributed by atoms with E-state index in [1.165, 1.54) is 23.9 Å². The Bertz CT molecular complexity index is 1100. The molecule has 0 saturated carbocycles. The van der Waals surface area contributed by atoms with E-state index in [0.29, 0.717) is 17.4 Å². The van der Waals surface area contributed by atoms with E-state index in [1.54, 1.807) is 23.7 Å². The quantitative estimate of drug-likeness (QED) is 0.518.